The van der Waals surface area contributed by atoms with Gasteiger partial charge in [0.1, 0.15) is 5.75 Å². The molecule has 0 radical (unpaired) electrons. The summed E-state index contributed by atoms with van der Waals surface area (Å²) >= 11 is 0. The lowest BCUT2D eigenvalue weighted by molar-refractivity contribution is -0.274. The summed E-state index contributed by atoms with van der Waals surface area (Å²) in [5.41, 5.74) is -0.743. The monoisotopic (exact) mass is 322 g/mol. The predicted octanol–water partition coefficient (Wildman–Crippen LogP) is 2.58. The largest absolute Gasteiger partial charge is 0.573 e. The Morgan fingerprint density at radius 1 is 0.913 bits per heavy atom. The Balaban J connectivity index is 2.09. The van der Waals surface area contributed by atoms with E-state index in [0.29, 0.717) is 0 Å². The van der Waals surface area contributed by atoms with Crippen molar-refractivity contribution in [3.8, 4) is 11.4 Å². The maximum atomic E-state index is 12.4. The Kier molecular flexibility index (Phi) is 3.44. The quantitative estimate of drug-likeness (QED) is 0.789. The third-order valence-corrected chi connectivity index (χ3v) is 3.15. The molecule has 118 valence electrons. The number of hydrogen-bond acceptors (Lipinski definition) is 3. The van der Waals surface area contributed by atoms with E-state index in [4.69, 9.17) is 0 Å². The number of nitrogens with one attached hydrogen (secondary N) is 1. The number of rotatable bonds is 2. The van der Waals surface area contributed by atoms with Gasteiger partial charge in [-0.1, -0.05) is 12.1 Å². The lowest BCUT2D eigenvalue weighted by Crippen LogP contribution is -2.28. The third kappa shape index (κ3) is 2.96. The van der Waals surface area contributed by atoms with Gasteiger partial charge in [0.2, 0.25) is 0 Å². The van der Waals surface area contributed by atoms with E-state index in [2.05, 4.69) is 9.84 Å². The molecule has 3 rings (SSSR count). The number of aromatic amines is 1. The summed E-state index contributed by atoms with van der Waals surface area (Å²) in [4.78, 5) is 24.4. The van der Waals surface area contributed by atoms with Gasteiger partial charge in [-0.2, -0.15) is 0 Å². The molecule has 0 fully saturated rings. The second-order valence-electron chi connectivity index (χ2n) is 4.67. The molecule has 0 bridgehead atoms. The molecular formula is C15H9F3N2O3. The number of halogens is 3. The summed E-state index contributed by atoms with van der Waals surface area (Å²) in [6.45, 7) is 0. The summed E-state index contributed by atoms with van der Waals surface area (Å²) in [7, 11) is 0. The molecule has 0 aliphatic carbocycles. The summed E-state index contributed by atoms with van der Waals surface area (Å²) < 4.78 is 41.1. The van der Waals surface area contributed by atoms with Crippen molar-refractivity contribution in [2.45, 2.75) is 6.36 Å². The van der Waals surface area contributed by atoms with E-state index in [1.807, 2.05) is 0 Å². The highest BCUT2D eigenvalue weighted by molar-refractivity contribution is 5.80. The molecule has 0 aliphatic rings. The maximum absolute atomic E-state index is 12.4. The minimum absolute atomic E-state index is 0.215. The highest BCUT2D eigenvalue weighted by Crippen LogP contribution is 2.23. The third-order valence-electron chi connectivity index (χ3n) is 3.15. The van der Waals surface area contributed by atoms with Crippen molar-refractivity contribution in [2.75, 3.05) is 0 Å². The van der Waals surface area contributed by atoms with Crippen LogP contribution in [0.2, 0.25) is 0 Å². The fourth-order valence-corrected chi connectivity index (χ4v) is 2.18. The number of benzene rings is 2. The molecule has 0 spiro atoms. The number of ether oxygens (including phenoxy) is 1. The summed E-state index contributed by atoms with van der Waals surface area (Å²) in [5.74, 6) is -0.419. The lowest BCUT2D eigenvalue weighted by atomic mass is 10.2. The highest BCUT2D eigenvalue weighted by Gasteiger charge is 2.31. The van der Waals surface area contributed by atoms with Crippen LogP contribution in [0, 0.1) is 0 Å². The second kappa shape index (κ2) is 5.31. The number of hydrogen-bond donors (Lipinski definition) is 1. The second-order valence-corrected chi connectivity index (χ2v) is 4.67. The number of alkyl halides is 3. The molecule has 3 aromatic rings. The first-order chi connectivity index (χ1) is 10.8. The number of H-pyrrole nitrogens is 1. The molecule has 23 heavy (non-hydrogen) atoms. The van der Waals surface area contributed by atoms with Crippen molar-refractivity contribution in [3.05, 3.63) is 69.2 Å². The van der Waals surface area contributed by atoms with Gasteiger partial charge in [-0.25, -0.2) is 4.68 Å². The van der Waals surface area contributed by atoms with Crippen LogP contribution in [0.3, 0.4) is 0 Å². The van der Waals surface area contributed by atoms with E-state index < -0.39 is 23.2 Å². The first-order valence-corrected chi connectivity index (χ1v) is 6.45. The van der Waals surface area contributed by atoms with Crippen molar-refractivity contribution in [1.82, 2.24) is 9.78 Å². The summed E-state index contributed by atoms with van der Waals surface area (Å²) in [5, 5.41) is 2.84. The van der Waals surface area contributed by atoms with Crippen LogP contribution in [-0.4, -0.2) is 16.1 Å². The fourth-order valence-electron chi connectivity index (χ4n) is 2.18. The van der Waals surface area contributed by atoms with Gasteiger partial charge < -0.3 is 4.74 Å². The van der Waals surface area contributed by atoms with Gasteiger partial charge in [0.25, 0.3) is 11.1 Å². The molecule has 0 saturated carbocycles. The zero-order valence-electron chi connectivity index (χ0n) is 11.4. The van der Waals surface area contributed by atoms with E-state index in [1.54, 1.807) is 12.1 Å². The average Bonchev–Trinajstić information content (AvgIpc) is 2.50. The molecule has 0 saturated heterocycles. The van der Waals surface area contributed by atoms with Crippen LogP contribution >= 0.6 is 0 Å². The topological polar surface area (TPSA) is 64.1 Å². The maximum Gasteiger partial charge on any atom is 0.573 e. The zero-order valence-corrected chi connectivity index (χ0v) is 11.4. The Bertz CT molecular complexity index is 972. The lowest BCUT2D eigenvalue weighted by Gasteiger charge is -2.10. The minimum Gasteiger partial charge on any atom is -0.406 e. The molecule has 0 aliphatic heterocycles. The van der Waals surface area contributed by atoms with Crippen molar-refractivity contribution in [2.24, 2.45) is 0 Å². The molecule has 5 nitrogen and oxygen atoms in total. The standard InChI is InChI=1S/C15H9F3N2O3/c16-15(17,18)23-10-7-5-9(6-8-10)20-14(22)12-4-2-1-3-11(12)13(21)19-20/h1-8H,(H,19,21). The van der Waals surface area contributed by atoms with Gasteiger partial charge >= 0.3 is 6.36 Å². The Labute approximate surface area is 126 Å². The van der Waals surface area contributed by atoms with Crippen molar-refractivity contribution >= 4 is 10.8 Å². The normalized spacial score (nSPS) is 11.6. The van der Waals surface area contributed by atoms with Crippen LogP contribution in [0.1, 0.15) is 0 Å². The Morgan fingerprint density at radius 3 is 2.13 bits per heavy atom. The SMILES string of the molecule is O=c1[nH]n(-c2ccc(OC(F)(F)F)cc2)c(=O)c2ccccc12. The van der Waals surface area contributed by atoms with Crippen LogP contribution in [0.4, 0.5) is 13.2 Å². The highest BCUT2D eigenvalue weighted by atomic mass is 19.4. The zero-order chi connectivity index (χ0) is 16.6. The molecule has 1 heterocycles. The first kappa shape index (κ1) is 14.9. The number of nitrogens with zero attached hydrogens (tertiary/aromatic N) is 1. The van der Waals surface area contributed by atoms with Crippen LogP contribution in [0.15, 0.2) is 58.1 Å². The van der Waals surface area contributed by atoms with E-state index in [9.17, 15) is 22.8 Å². The summed E-state index contributed by atoms with van der Waals surface area (Å²) in [6.07, 6.45) is -4.80. The molecule has 1 aromatic heterocycles. The van der Waals surface area contributed by atoms with E-state index in [-0.39, 0.29) is 16.5 Å². The molecule has 0 unspecified atom stereocenters. The molecule has 2 aromatic carbocycles. The van der Waals surface area contributed by atoms with E-state index in [1.165, 1.54) is 24.3 Å². The van der Waals surface area contributed by atoms with E-state index >= 15 is 0 Å². The smallest absolute Gasteiger partial charge is 0.406 e. The minimum atomic E-state index is -4.80. The molecular weight excluding hydrogens is 313 g/mol. The van der Waals surface area contributed by atoms with Crippen LogP contribution < -0.4 is 15.9 Å². The van der Waals surface area contributed by atoms with Crippen molar-refractivity contribution in [3.63, 3.8) is 0 Å². The van der Waals surface area contributed by atoms with Crippen molar-refractivity contribution in [1.29, 1.82) is 0 Å². The van der Waals surface area contributed by atoms with Gasteiger partial charge in [-0.15, -0.1) is 13.2 Å². The molecule has 0 atom stereocenters. The van der Waals surface area contributed by atoms with Crippen LogP contribution in [0.25, 0.3) is 16.5 Å². The van der Waals surface area contributed by atoms with Gasteiger partial charge in [-0.3, -0.25) is 14.7 Å². The average molecular weight is 322 g/mol. The van der Waals surface area contributed by atoms with Gasteiger partial charge in [-0.05, 0) is 36.4 Å². The Hall–Kier alpha value is -3.03. The van der Waals surface area contributed by atoms with Gasteiger partial charge in [0, 0.05) is 0 Å². The first-order valence-electron chi connectivity index (χ1n) is 6.45. The van der Waals surface area contributed by atoms with Gasteiger partial charge in [0.05, 0.1) is 16.5 Å². The van der Waals surface area contributed by atoms with Gasteiger partial charge in [0.15, 0.2) is 0 Å². The summed E-state index contributed by atoms with van der Waals surface area (Å²) in [6, 6.07) is 10.9. The van der Waals surface area contributed by atoms with Crippen molar-refractivity contribution < 1.29 is 17.9 Å². The molecule has 8 heteroatoms. The van der Waals surface area contributed by atoms with Crippen LogP contribution in [0.5, 0.6) is 5.75 Å². The molecule has 0 amide bonds. The molecule has 1 N–H and O–H groups in total. The fraction of sp³-hybridized carbons (Fsp3) is 0.0667. The Morgan fingerprint density at radius 2 is 1.52 bits per heavy atom. The van der Waals surface area contributed by atoms with Crippen LogP contribution in [-0.2, 0) is 0 Å². The number of fused-ring (bicyclic) bond motifs is 1. The predicted molar refractivity (Wildman–Crippen MR) is 76.8 cm³/mol. The van der Waals surface area contributed by atoms with E-state index in [0.717, 1.165) is 16.8 Å². The number of aromatic nitrogens is 2.